The SMILES string of the molecule is Cc1cc(C)c(NC(=O)CN2NC3C4CC(c5ccc(C)c(C)c5)NN4C=CN3C2=O)c(C)c1. The van der Waals surface area contributed by atoms with Gasteiger partial charge in [-0.1, -0.05) is 35.9 Å². The molecule has 3 unspecified atom stereocenters. The van der Waals surface area contributed by atoms with E-state index in [1.807, 2.05) is 39.1 Å². The molecule has 3 aliphatic heterocycles. The molecule has 2 aromatic rings. The van der Waals surface area contributed by atoms with E-state index in [0.717, 1.165) is 28.8 Å². The van der Waals surface area contributed by atoms with Crippen LogP contribution in [0.4, 0.5) is 10.5 Å². The molecule has 3 amide bonds. The normalized spacial score (nSPS) is 23.4. The summed E-state index contributed by atoms with van der Waals surface area (Å²) >= 11 is 0. The molecule has 8 nitrogen and oxygen atoms in total. The Morgan fingerprint density at radius 3 is 2.41 bits per heavy atom. The predicted octanol–water partition coefficient (Wildman–Crippen LogP) is 3.54. The molecule has 8 heteroatoms. The highest BCUT2D eigenvalue weighted by molar-refractivity contribution is 5.96. The van der Waals surface area contributed by atoms with Gasteiger partial charge in [0, 0.05) is 18.1 Å². The molecule has 2 aromatic carbocycles. The Morgan fingerprint density at radius 1 is 0.971 bits per heavy atom. The van der Waals surface area contributed by atoms with E-state index in [-0.39, 0.29) is 36.7 Å². The number of carbonyl (C=O) groups excluding carboxylic acids is 2. The van der Waals surface area contributed by atoms with Crippen LogP contribution in [0.15, 0.2) is 42.7 Å². The number of hydrogen-bond acceptors (Lipinski definition) is 5. The lowest BCUT2D eigenvalue weighted by atomic mass is 9.97. The minimum atomic E-state index is -0.239. The fraction of sp³-hybridized carbons (Fsp3) is 0.385. The second-order valence-electron chi connectivity index (χ2n) is 9.71. The molecule has 3 heterocycles. The molecular weight excluding hydrogens is 428 g/mol. The summed E-state index contributed by atoms with van der Waals surface area (Å²) in [5.74, 6) is -0.228. The van der Waals surface area contributed by atoms with E-state index in [1.165, 1.54) is 21.7 Å². The number of rotatable bonds is 4. The maximum absolute atomic E-state index is 13.0. The zero-order valence-corrected chi connectivity index (χ0v) is 20.3. The number of aryl methyl sites for hydroxylation is 5. The Hall–Kier alpha value is -3.36. The zero-order valence-electron chi connectivity index (χ0n) is 20.3. The molecule has 3 aliphatic rings. The van der Waals surface area contributed by atoms with Crippen LogP contribution in [0, 0.1) is 34.6 Å². The molecule has 178 valence electrons. The van der Waals surface area contributed by atoms with Crippen LogP contribution in [0.2, 0.25) is 0 Å². The molecule has 0 bridgehead atoms. The van der Waals surface area contributed by atoms with Gasteiger partial charge in [0.15, 0.2) is 0 Å². The first kappa shape index (κ1) is 22.4. The number of nitrogens with one attached hydrogen (secondary N) is 3. The lowest BCUT2D eigenvalue weighted by Crippen LogP contribution is -2.54. The molecule has 0 spiro atoms. The third-order valence-electron chi connectivity index (χ3n) is 7.11. The summed E-state index contributed by atoms with van der Waals surface area (Å²) in [5, 5.41) is 6.47. The van der Waals surface area contributed by atoms with Crippen LogP contribution in [0.25, 0.3) is 0 Å². The minimum absolute atomic E-state index is 0.0511. The quantitative estimate of drug-likeness (QED) is 0.650. The number of urea groups is 1. The molecule has 3 atom stereocenters. The average molecular weight is 461 g/mol. The summed E-state index contributed by atoms with van der Waals surface area (Å²) in [6, 6.07) is 10.6. The van der Waals surface area contributed by atoms with Gasteiger partial charge in [0.05, 0.1) is 12.1 Å². The van der Waals surface area contributed by atoms with Crippen molar-refractivity contribution < 1.29 is 9.59 Å². The van der Waals surface area contributed by atoms with E-state index in [0.29, 0.717) is 0 Å². The average Bonchev–Trinajstić information content (AvgIpc) is 3.34. The summed E-state index contributed by atoms with van der Waals surface area (Å²) in [5.41, 5.74) is 14.6. The summed E-state index contributed by atoms with van der Waals surface area (Å²) in [6.07, 6.45) is 4.29. The van der Waals surface area contributed by atoms with E-state index in [4.69, 9.17) is 0 Å². The van der Waals surface area contributed by atoms with Crippen molar-refractivity contribution in [2.45, 2.75) is 59.3 Å². The van der Waals surface area contributed by atoms with Crippen LogP contribution < -0.4 is 16.2 Å². The zero-order chi connectivity index (χ0) is 24.1. The van der Waals surface area contributed by atoms with Gasteiger partial charge < -0.3 is 10.3 Å². The van der Waals surface area contributed by atoms with Crippen molar-refractivity contribution in [3.8, 4) is 0 Å². The standard InChI is InChI=1S/C26H32N6O2/c1-15-10-18(4)24(19(5)11-15)27-23(33)14-32-26(34)30-8-9-31-22(25(30)29-32)13-21(28-31)20-7-6-16(2)17(3)12-20/h6-12,21-22,25,28-29H,13-14H2,1-5H3,(H,27,33). The van der Waals surface area contributed by atoms with E-state index < -0.39 is 0 Å². The molecule has 3 N–H and O–H groups in total. The minimum Gasteiger partial charge on any atom is -0.324 e. The van der Waals surface area contributed by atoms with Gasteiger partial charge in [0.1, 0.15) is 12.7 Å². The number of hydrogen-bond donors (Lipinski definition) is 3. The fourth-order valence-corrected chi connectivity index (χ4v) is 5.23. The number of anilines is 1. The summed E-state index contributed by atoms with van der Waals surface area (Å²) in [6.45, 7) is 10.2. The Bertz CT molecular complexity index is 1170. The molecule has 0 radical (unpaired) electrons. The van der Waals surface area contributed by atoms with E-state index in [1.54, 1.807) is 11.1 Å². The fourth-order valence-electron chi connectivity index (χ4n) is 5.23. The van der Waals surface area contributed by atoms with E-state index >= 15 is 0 Å². The van der Waals surface area contributed by atoms with Crippen LogP contribution in [-0.2, 0) is 4.79 Å². The molecule has 2 saturated heterocycles. The lowest BCUT2D eigenvalue weighted by Gasteiger charge is -2.34. The first-order chi connectivity index (χ1) is 16.2. The molecule has 2 fully saturated rings. The first-order valence-electron chi connectivity index (χ1n) is 11.7. The highest BCUT2D eigenvalue weighted by atomic mass is 16.2. The highest BCUT2D eigenvalue weighted by Gasteiger charge is 2.48. The van der Waals surface area contributed by atoms with Crippen LogP contribution >= 0.6 is 0 Å². The van der Waals surface area contributed by atoms with Gasteiger partial charge in [-0.05, 0) is 68.9 Å². The van der Waals surface area contributed by atoms with Gasteiger partial charge in [0.25, 0.3) is 0 Å². The third kappa shape index (κ3) is 3.93. The number of nitrogens with zero attached hydrogens (tertiary/aromatic N) is 3. The molecule has 34 heavy (non-hydrogen) atoms. The number of amides is 3. The van der Waals surface area contributed by atoms with Crippen molar-refractivity contribution in [1.29, 1.82) is 0 Å². The number of fused-ring (bicyclic) bond motifs is 3. The van der Waals surface area contributed by atoms with Crippen molar-refractivity contribution in [3.63, 3.8) is 0 Å². The predicted molar refractivity (Wildman–Crippen MR) is 131 cm³/mol. The van der Waals surface area contributed by atoms with Crippen LogP contribution in [0.5, 0.6) is 0 Å². The van der Waals surface area contributed by atoms with Gasteiger partial charge in [-0.3, -0.25) is 9.69 Å². The topological polar surface area (TPSA) is 80.0 Å². The van der Waals surface area contributed by atoms with Crippen LogP contribution in [0.3, 0.4) is 0 Å². The molecule has 0 aromatic heterocycles. The number of benzene rings is 2. The van der Waals surface area contributed by atoms with E-state index in [2.05, 4.69) is 53.2 Å². The second-order valence-corrected chi connectivity index (χ2v) is 9.71. The summed E-state index contributed by atoms with van der Waals surface area (Å²) in [7, 11) is 0. The van der Waals surface area contributed by atoms with E-state index in [9.17, 15) is 9.59 Å². The number of carbonyl (C=O) groups is 2. The molecule has 0 saturated carbocycles. The summed E-state index contributed by atoms with van der Waals surface area (Å²) in [4.78, 5) is 27.6. The third-order valence-corrected chi connectivity index (χ3v) is 7.11. The van der Waals surface area contributed by atoms with Gasteiger partial charge >= 0.3 is 6.03 Å². The van der Waals surface area contributed by atoms with Gasteiger partial charge in [-0.2, -0.15) is 0 Å². The molecular formula is C26H32N6O2. The van der Waals surface area contributed by atoms with Crippen molar-refractivity contribution >= 4 is 17.6 Å². The van der Waals surface area contributed by atoms with Gasteiger partial charge in [0.2, 0.25) is 5.91 Å². The largest absolute Gasteiger partial charge is 0.340 e. The van der Waals surface area contributed by atoms with Crippen molar-refractivity contribution in [3.05, 3.63) is 76.1 Å². The monoisotopic (exact) mass is 460 g/mol. The lowest BCUT2D eigenvalue weighted by molar-refractivity contribution is -0.117. The van der Waals surface area contributed by atoms with Crippen LogP contribution in [0.1, 0.15) is 45.8 Å². The van der Waals surface area contributed by atoms with Crippen molar-refractivity contribution in [1.82, 2.24) is 25.8 Å². The molecule has 0 aliphatic carbocycles. The van der Waals surface area contributed by atoms with Crippen LogP contribution in [-0.4, -0.2) is 45.6 Å². The maximum Gasteiger partial charge on any atom is 0.340 e. The van der Waals surface area contributed by atoms with Crippen molar-refractivity contribution in [2.75, 3.05) is 11.9 Å². The Balaban J connectivity index is 1.27. The smallest absolute Gasteiger partial charge is 0.324 e. The molecule has 5 rings (SSSR count). The van der Waals surface area contributed by atoms with Gasteiger partial charge in [-0.25, -0.2) is 20.7 Å². The number of hydrazine groups is 2. The van der Waals surface area contributed by atoms with Crippen molar-refractivity contribution in [2.24, 2.45) is 0 Å². The second kappa shape index (κ2) is 8.45. The Morgan fingerprint density at radius 2 is 1.71 bits per heavy atom. The highest BCUT2D eigenvalue weighted by Crippen LogP contribution is 2.35. The Labute approximate surface area is 200 Å². The van der Waals surface area contributed by atoms with Gasteiger partial charge in [-0.15, -0.1) is 0 Å². The Kier molecular flexibility index (Phi) is 5.58. The maximum atomic E-state index is 13.0. The first-order valence-corrected chi connectivity index (χ1v) is 11.7. The summed E-state index contributed by atoms with van der Waals surface area (Å²) < 4.78 is 0.